The molecule has 2 aromatic rings. The maximum absolute atomic E-state index is 11.8. The topological polar surface area (TPSA) is 37.3 Å². The minimum absolute atomic E-state index is 0.275. The number of aliphatic carboxylic acids is 1. The second-order valence-electron chi connectivity index (χ2n) is 5.53. The lowest BCUT2D eigenvalue weighted by molar-refractivity contribution is -0.148. The summed E-state index contributed by atoms with van der Waals surface area (Å²) in [5, 5.41) is 10.5. The molecule has 3 rings (SSSR count). The van der Waals surface area contributed by atoms with E-state index in [2.05, 4.69) is 0 Å². The zero-order valence-corrected chi connectivity index (χ0v) is 12.7. The van der Waals surface area contributed by atoms with E-state index >= 15 is 0 Å². The van der Waals surface area contributed by atoms with Gasteiger partial charge in [0, 0.05) is 0 Å². The monoisotopic (exact) mass is 320 g/mol. The number of hydrogen-bond acceptors (Lipinski definition) is 1. The number of halogens is 2. The number of carboxylic acid groups (broad SMARTS) is 1. The quantitative estimate of drug-likeness (QED) is 0.873. The number of carboxylic acids is 1. The van der Waals surface area contributed by atoms with E-state index in [4.69, 9.17) is 23.2 Å². The van der Waals surface area contributed by atoms with Crippen LogP contribution in [-0.4, -0.2) is 11.1 Å². The zero-order valence-electron chi connectivity index (χ0n) is 11.2. The Labute approximate surface area is 133 Å². The maximum Gasteiger partial charge on any atom is 0.314 e. The maximum atomic E-state index is 11.8. The summed E-state index contributed by atoms with van der Waals surface area (Å²) in [4.78, 5) is 11.8. The van der Waals surface area contributed by atoms with Gasteiger partial charge in [-0.3, -0.25) is 4.79 Å². The molecule has 1 N–H and O–H groups in total. The SMILES string of the molecule is O=C(O)C1(c2ccc(Cl)c(Cl)c2)CC(c2ccccc2)C1. The van der Waals surface area contributed by atoms with E-state index < -0.39 is 11.4 Å². The fourth-order valence-electron chi connectivity index (χ4n) is 3.07. The molecule has 0 atom stereocenters. The lowest BCUT2D eigenvalue weighted by Crippen LogP contribution is -2.46. The van der Waals surface area contributed by atoms with E-state index in [0.29, 0.717) is 22.9 Å². The van der Waals surface area contributed by atoms with Crippen molar-refractivity contribution >= 4 is 29.2 Å². The van der Waals surface area contributed by atoms with Gasteiger partial charge in [0.1, 0.15) is 0 Å². The van der Waals surface area contributed by atoms with Crippen LogP contribution in [0.4, 0.5) is 0 Å². The van der Waals surface area contributed by atoms with Crippen molar-refractivity contribution in [2.45, 2.75) is 24.2 Å². The summed E-state index contributed by atoms with van der Waals surface area (Å²) in [5.74, 6) is -0.523. The van der Waals surface area contributed by atoms with Gasteiger partial charge in [0.25, 0.3) is 0 Å². The third kappa shape index (κ3) is 2.43. The van der Waals surface area contributed by atoms with Gasteiger partial charge in [0.05, 0.1) is 15.5 Å². The predicted molar refractivity (Wildman–Crippen MR) is 84.2 cm³/mol. The Morgan fingerprint density at radius 2 is 1.71 bits per heavy atom. The van der Waals surface area contributed by atoms with Crippen LogP contribution in [0.15, 0.2) is 48.5 Å². The smallest absolute Gasteiger partial charge is 0.314 e. The molecule has 4 heteroatoms. The Hall–Kier alpha value is -1.51. The molecule has 2 aromatic carbocycles. The van der Waals surface area contributed by atoms with Crippen LogP contribution in [0.5, 0.6) is 0 Å². The summed E-state index contributed by atoms with van der Waals surface area (Å²) in [7, 11) is 0. The molecule has 1 aliphatic rings. The third-order valence-corrected chi connectivity index (χ3v) is 5.08. The zero-order chi connectivity index (χ0) is 15.0. The van der Waals surface area contributed by atoms with E-state index in [-0.39, 0.29) is 5.92 Å². The second-order valence-corrected chi connectivity index (χ2v) is 6.35. The number of hydrogen-bond donors (Lipinski definition) is 1. The molecule has 0 bridgehead atoms. The van der Waals surface area contributed by atoms with Gasteiger partial charge in [0.15, 0.2) is 0 Å². The van der Waals surface area contributed by atoms with Crippen LogP contribution in [0.1, 0.15) is 29.9 Å². The van der Waals surface area contributed by atoms with E-state index in [1.165, 1.54) is 5.56 Å². The molecule has 1 fully saturated rings. The van der Waals surface area contributed by atoms with Crippen LogP contribution >= 0.6 is 23.2 Å². The molecule has 0 amide bonds. The third-order valence-electron chi connectivity index (χ3n) is 4.34. The molecule has 0 heterocycles. The Kier molecular flexibility index (Phi) is 3.68. The Balaban J connectivity index is 1.90. The molecule has 0 spiro atoms. The predicted octanol–water partition coefficient (Wildman–Crippen LogP) is 4.89. The van der Waals surface area contributed by atoms with Gasteiger partial charge in [0.2, 0.25) is 0 Å². The van der Waals surface area contributed by atoms with Crippen molar-refractivity contribution < 1.29 is 9.90 Å². The molecule has 2 nitrogen and oxygen atoms in total. The van der Waals surface area contributed by atoms with Gasteiger partial charge >= 0.3 is 5.97 Å². The number of carbonyl (C=O) groups is 1. The van der Waals surface area contributed by atoms with Crippen molar-refractivity contribution in [3.63, 3.8) is 0 Å². The summed E-state index contributed by atoms with van der Waals surface area (Å²) < 4.78 is 0. The number of benzene rings is 2. The molecule has 0 radical (unpaired) electrons. The van der Waals surface area contributed by atoms with Crippen molar-refractivity contribution in [3.05, 3.63) is 69.7 Å². The van der Waals surface area contributed by atoms with Crippen LogP contribution in [0.25, 0.3) is 0 Å². The van der Waals surface area contributed by atoms with E-state index in [0.717, 1.165) is 5.56 Å². The highest BCUT2D eigenvalue weighted by atomic mass is 35.5. The summed E-state index contributed by atoms with van der Waals surface area (Å²) >= 11 is 12.0. The normalized spacial score (nSPS) is 24.4. The van der Waals surface area contributed by atoms with Gasteiger partial charge in [-0.1, -0.05) is 59.6 Å². The first-order chi connectivity index (χ1) is 10.0. The van der Waals surface area contributed by atoms with Crippen molar-refractivity contribution in [3.8, 4) is 0 Å². The first-order valence-corrected chi connectivity index (χ1v) is 7.52. The standard InChI is InChI=1S/C17H14Cl2O2/c18-14-7-6-13(8-15(14)19)17(16(20)21)9-12(10-17)11-4-2-1-3-5-11/h1-8,12H,9-10H2,(H,20,21). The van der Waals surface area contributed by atoms with Gasteiger partial charge in [-0.2, -0.15) is 0 Å². The van der Waals surface area contributed by atoms with Crippen LogP contribution in [0, 0.1) is 0 Å². The average molecular weight is 321 g/mol. The molecule has 0 saturated heterocycles. The summed E-state index contributed by atoms with van der Waals surface area (Å²) in [6.07, 6.45) is 1.18. The van der Waals surface area contributed by atoms with Gasteiger partial charge in [-0.05, 0) is 42.0 Å². The molecule has 108 valence electrons. The van der Waals surface area contributed by atoms with Crippen LogP contribution < -0.4 is 0 Å². The molecule has 0 aliphatic heterocycles. The van der Waals surface area contributed by atoms with Crippen LogP contribution in [-0.2, 0) is 10.2 Å². The van der Waals surface area contributed by atoms with Crippen LogP contribution in [0.2, 0.25) is 10.0 Å². The van der Waals surface area contributed by atoms with E-state index in [1.807, 2.05) is 30.3 Å². The minimum Gasteiger partial charge on any atom is -0.481 e. The molecule has 0 unspecified atom stereocenters. The van der Waals surface area contributed by atoms with Crippen molar-refractivity contribution in [1.82, 2.24) is 0 Å². The number of rotatable bonds is 3. The van der Waals surface area contributed by atoms with Crippen molar-refractivity contribution in [2.24, 2.45) is 0 Å². The lowest BCUT2D eigenvalue weighted by Gasteiger charge is -2.45. The highest BCUT2D eigenvalue weighted by Gasteiger charge is 2.52. The highest BCUT2D eigenvalue weighted by Crippen LogP contribution is 2.53. The molecule has 21 heavy (non-hydrogen) atoms. The molecular formula is C17H14Cl2O2. The Morgan fingerprint density at radius 1 is 1.05 bits per heavy atom. The largest absolute Gasteiger partial charge is 0.481 e. The fourth-order valence-corrected chi connectivity index (χ4v) is 3.37. The minimum atomic E-state index is -0.852. The van der Waals surface area contributed by atoms with Crippen molar-refractivity contribution in [1.29, 1.82) is 0 Å². The summed E-state index contributed by atoms with van der Waals surface area (Å²) in [6, 6.07) is 15.1. The molecule has 1 saturated carbocycles. The molecular weight excluding hydrogens is 307 g/mol. The fraction of sp³-hybridized carbons (Fsp3) is 0.235. The van der Waals surface area contributed by atoms with Crippen molar-refractivity contribution in [2.75, 3.05) is 0 Å². The van der Waals surface area contributed by atoms with Gasteiger partial charge < -0.3 is 5.11 Å². The lowest BCUT2D eigenvalue weighted by atomic mass is 9.57. The summed E-state index contributed by atoms with van der Waals surface area (Å²) in [6.45, 7) is 0. The van der Waals surface area contributed by atoms with Crippen LogP contribution in [0.3, 0.4) is 0 Å². The van der Waals surface area contributed by atoms with E-state index in [9.17, 15) is 9.90 Å². The first kappa shape index (κ1) is 14.4. The van der Waals surface area contributed by atoms with E-state index in [1.54, 1.807) is 18.2 Å². The highest BCUT2D eigenvalue weighted by molar-refractivity contribution is 6.42. The first-order valence-electron chi connectivity index (χ1n) is 6.77. The van der Waals surface area contributed by atoms with Gasteiger partial charge in [-0.15, -0.1) is 0 Å². The second kappa shape index (κ2) is 5.36. The average Bonchev–Trinajstić information content (AvgIpc) is 2.42. The molecule has 0 aromatic heterocycles. The van der Waals surface area contributed by atoms with Gasteiger partial charge in [-0.25, -0.2) is 0 Å². The molecule has 1 aliphatic carbocycles. The Morgan fingerprint density at radius 3 is 2.29 bits per heavy atom. The Bertz CT molecular complexity index is 676. The summed E-state index contributed by atoms with van der Waals surface area (Å²) in [5.41, 5.74) is 1.07.